The molecular weight excluding hydrogens is 224 g/mol. The van der Waals surface area contributed by atoms with Crippen LogP contribution in [0.25, 0.3) is 0 Å². The van der Waals surface area contributed by atoms with Crippen molar-refractivity contribution in [3.8, 4) is 0 Å². The summed E-state index contributed by atoms with van der Waals surface area (Å²) in [7, 11) is 0. The van der Waals surface area contributed by atoms with E-state index in [1.807, 2.05) is 0 Å². The van der Waals surface area contributed by atoms with E-state index >= 15 is 0 Å². The van der Waals surface area contributed by atoms with Crippen LogP contribution in [0, 0.1) is 0 Å². The predicted molar refractivity (Wildman–Crippen MR) is 78.5 cm³/mol. The van der Waals surface area contributed by atoms with Gasteiger partial charge in [0.2, 0.25) is 0 Å². The van der Waals surface area contributed by atoms with Crippen LogP contribution < -0.4 is 0 Å². The minimum atomic E-state index is -1.41. The summed E-state index contributed by atoms with van der Waals surface area (Å²) in [6.45, 7) is 4.40. The summed E-state index contributed by atoms with van der Waals surface area (Å²) in [4.78, 5) is 0. The number of hydrogen-bond acceptors (Lipinski definition) is 2. The van der Waals surface area contributed by atoms with Crippen molar-refractivity contribution in [3.63, 3.8) is 0 Å². The average Bonchev–Trinajstić information content (AvgIpc) is 2.34. The third-order valence-electron chi connectivity index (χ3n) is 3.61. The summed E-state index contributed by atoms with van der Waals surface area (Å²) < 4.78 is 0. The fraction of sp³-hybridized carbons (Fsp3) is 1.00. The van der Waals surface area contributed by atoms with Gasteiger partial charge in [0.25, 0.3) is 0 Å². The molecule has 0 heterocycles. The minimum absolute atomic E-state index is 0.544. The van der Waals surface area contributed by atoms with Crippen LogP contribution in [0.15, 0.2) is 0 Å². The highest BCUT2D eigenvalue weighted by atomic mass is 16.5. The number of aliphatic hydroxyl groups is 2. The molecule has 0 atom stereocenters. The van der Waals surface area contributed by atoms with Gasteiger partial charge in [0.05, 0.1) is 0 Å². The lowest BCUT2D eigenvalue weighted by molar-refractivity contribution is -0.172. The molecule has 0 rings (SSSR count). The van der Waals surface area contributed by atoms with Crippen LogP contribution in [-0.2, 0) is 0 Å². The van der Waals surface area contributed by atoms with Gasteiger partial charge in [-0.15, -0.1) is 0 Å². The first-order valence-electron chi connectivity index (χ1n) is 8.07. The molecule has 2 heteroatoms. The van der Waals surface area contributed by atoms with Gasteiger partial charge in [0, 0.05) is 12.8 Å². The van der Waals surface area contributed by atoms with Gasteiger partial charge in [-0.05, 0) is 12.8 Å². The molecule has 0 aliphatic rings. The molecule has 0 saturated carbocycles. The molecule has 0 aromatic heterocycles. The molecule has 0 unspecified atom stereocenters. The predicted octanol–water partition coefficient (Wildman–Crippen LogP) is 4.78. The Kier molecular flexibility index (Phi) is 11.9. The molecule has 0 aliphatic carbocycles. The summed E-state index contributed by atoms with van der Waals surface area (Å²) in [6.07, 6.45) is 14.1. The monoisotopic (exact) mass is 258 g/mol. The average molecular weight is 258 g/mol. The first-order chi connectivity index (χ1) is 8.62. The summed E-state index contributed by atoms with van der Waals surface area (Å²) in [6, 6.07) is 0. The zero-order valence-corrected chi connectivity index (χ0v) is 12.6. The van der Waals surface area contributed by atoms with Crippen LogP contribution in [0.5, 0.6) is 0 Å². The second-order valence-corrected chi connectivity index (χ2v) is 5.66. The summed E-state index contributed by atoms with van der Waals surface area (Å²) >= 11 is 0. The van der Waals surface area contributed by atoms with Crippen LogP contribution in [0.4, 0.5) is 0 Å². The van der Waals surface area contributed by atoms with Crippen LogP contribution in [0.1, 0.15) is 97.3 Å². The standard InChI is InChI=1S/C16H34O2/c1-3-5-7-9-10-11-13-15-16(17,18)14-12-8-6-4-2/h17-18H,3-15H2,1-2H3. The Bertz CT molecular complexity index is 166. The number of hydrogen-bond donors (Lipinski definition) is 2. The smallest absolute Gasteiger partial charge is 0.162 e. The molecule has 0 aromatic carbocycles. The van der Waals surface area contributed by atoms with E-state index in [-0.39, 0.29) is 0 Å². The van der Waals surface area contributed by atoms with E-state index in [2.05, 4.69) is 13.8 Å². The highest BCUT2D eigenvalue weighted by Gasteiger charge is 2.21. The highest BCUT2D eigenvalue weighted by Crippen LogP contribution is 2.20. The van der Waals surface area contributed by atoms with Crippen molar-refractivity contribution in [1.82, 2.24) is 0 Å². The van der Waals surface area contributed by atoms with Crippen LogP contribution in [0.3, 0.4) is 0 Å². The molecule has 2 nitrogen and oxygen atoms in total. The quantitative estimate of drug-likeness (QED) is 0.369. The number of unbranched alkanes of at least 4 members (excludes halogenated alkanes) is 9. The van der Waals surface area contributed by atoms with Crippen molar-refractivity contribution in [2.45, 2.75) is 103 Å². The topological polar surface area (TPSA) is 40.5 Å². The lowest BCUT2D eigenvalue weighted by Crippen LogP contribution is -2.27. The molecule has 0 saturated heterocycles. The first kappa shape index (κ1) is 17.9. The third kappa shape index (κ3) is 12.4. The van der Waals surface area contributed by atoms with E-state index in [1.54, 1.807) is 0 Å². The second-order valence-electron chi connectivity index (χ2n) is 5.66. The molecule has 0 aromatic rings. The fourth-order valence-electron chi connectivity index (χ4n) is 2.33. The van der Waals surface area contributed by atoms with Crippen molar-refractivity contribution in [2.75, 3.05) is 0 Å². The maximum Gasteiger partial charge on any atom is 0.162 e. The van der Waals surface area contributed by atoms with Crippen molar-refractivity contribution in [1.29, 1.82) is 0 Å². The van der Waals surface area contributed by atoms with Gasteiger partial charge in [0.15, 0.2) is 5.79 Å². The molecule has 2 N–H and O–H groups in total. The molecule has 0 bridgehead atoms. The van der Waals surface area contributed by atoms with Crippen LogP contribution in [-0.4, -0.2) is 16.0 Å². The van der Waals surface area contributed by atoms with Gasteiger partial charge in [-0.3, -0.25) is 0 Å². The van der Waals surface area contributed by atoms with E-state index < -0.39 is 5.79 Å². The van der Waals surface area contributed by atoms with Crippen LogP contribution >= 0.6 is 0 Å². The third-order valence-corrected chi connectivity index (χ3v) is 3.61. The lowest BCUT2D eigenvalue weighted by Gasteiger charge is -2.21. The van der Waals surface area contributed by atoms with E-state index in [0.717, 1.165) is 25.7 Å². The van der Waals surface area contributed by atoms with Gasteiger partial charge in [-0.1, -0.05) is 71.6 Å². The van der Waals surface area contributed by atoms with Crippen molar-refractivity contribution < 1.29 is 10.2 Å². The maximum atomic E-state index is 9.81. The summed E-state index contributed by atoms with van der Waals surface area (Å²) in [5, 5.41) is 19.6. The Balaban J connectivity index is 3.34. The lowest BCUT2D eigenvalue weighted by atomic mass is 9.99. The molecular formula is C16H34O2. The first-order valence-corrected chi connectivity index (χ1v) is 8.07. The normalized spacial score (nSPS) is 12.0. The maximum absolute atomic E-state index is 9.81. The van der Waals surface area contributed by atoms with Crippen molar-refractivity contribution in [3.05, 3.63) is 0 Å². The Hall–Kier alpha value is -0.0800. The Morgan fingerprint density at radius 2 is 0.889 bits per heavy atom. The molecule has 0 radical (unpaired) electrons. The Labute approximate surface area is 114 Å². The number of rotatable bonds is 13. The van der Waals surface area contributed by atoms with Gasteiger partial charge in [0.1, 0.15) is 0 Å². The van der Waals surface area contributed by atoms with E-state index in [4.69, 9.17) is 0 Å². The summed E-state index contributed by atoms with van der Waals surface area (Å²) in [5.41, 5.74) is 0. The highest BCUT2D eigenvalue weighted by molar-refractivity contribution is 4.65. The second kappa shape index (κ2) is 12.0. The molecule has 0 fully saturated rings. The minimum Gasteiger partial charge on any atom is -0.366 e. The zero-order valence-electron chi connectivity index (χ0n) is 12.6. The van der Waals surface area contributed by atoms with E-state index in [1.165, 1.54) is 44.9 Å². The zero-order chi connectivity index (χ0) is 13.7. The van der Waals surface area contributed by atoms with Gasteiger partial charge < -0.3 is 10.2 Å². The molecule has 0 aliphatic heterocycles. The molecule has 0 spiro atoms. The van der Waals surface area contributed by atoms with E-state index in [0.29, 0.717) is 12.8 Å². The summed E-state index contributed by atoms with van der Waals surface area (Å²) in [5.74, 6) is -1.41. The largest absolute Gasteiger partial charge is 0.366 e. The van der Waals surface area contributed by atoms with Gasteiger partial charge >= 0.3 is 0 Å². The molecule has 0 amide bonds. The molecule has 18 heavy (non-hydrogen) atoms. The SMILES string of the molecule is CCCCCCCCCC(O)(O)CCCCCC. The Morgan fingerprint density at radius 1 is 0.556 bits per heavy atom. The van der Waals surface area contributed by atoms with Gasteiger partial charge in [-0.2, -0.15) is 0 Å². The van der Waals surface area contributed by atoms with Gasteiger partial charge in [-0.25, -0.2) is 0 Å². The van der Waals surface area contributed by atoms with Crippen molar-refractivity contribution >= 4 is 0 Å². The fourth-order valence-corrected chi connectivity index (χ4v) is 2.33. The van der Waals surface area contributed by atoms with Crippen LogP contribution in [0.2, 0.25) is 0 Å². The van der Waals surface area contributed by atoms with E-state index in [9.17, 15) is 10.2 Å². The Morgan fingerprint density at radius 3 is 1.33 bits per heavy atom. The van der Waals surface area contributed by atoms with Crippen molar-refractivity contribution in [2.24, 2.45) is 0 Å². The molecule has 110 valence electrons.